The van der Waals surface area contributed by atoms with Crippen LogP contribution in [0.2, 0.25) is 0 Å². The molecule has 2 aromatic heterocycles. The molecule has 0 radical (unpaired) electrons. The zero-order valence-electron chi connectivity index (χ0n) is 14.3. The highest BCUT2D eigenvalue weighted by Gasteiger charge is 2.25. The second-order valence-corrected chi connectivity index (χ2v) is 6.39. The van der Waals surface area contributed by atoms with Gasteiger partial charge >= 0.3 is 0 Å². The Morgan fingerprint density at radius 3 is 2.73 bits per heavy atom. The molecule has 0 amide bonds. The summed E-state index contributed by atoms with van der Waals surface area (Å²) in [5, 5.41) is 0. The Morgan fingerprint density at radius 2 is 1.96 bits per heavy atom. The molecule has 0 unspecified atom stereocenters. The lowest BCUT2D eigenvalue weighted by atomic mass is 10.0. The van der Waals surface area contributed by atoms with E-state index < -0.39 is 6.43 Å². The lowest BCUT2D eigenvalue weighted by molar-refractivity contribution is 0.151. The number of anilines is 2. The second kappa shape index (κ2) is 6.71. The molecule has 4 nitrogen and oxygen atoms in total. The van der Waals surface area contributed by atoms with Crippen LogP contribution in [0.15, 0.2) is 61.1 Å². The molecule has 3 heterocycles. The number of pyridine rings is 2. The maximum atomic E-state index is 13.0. The average molecular weight is 352 g/mol. The van der Waals surface area contributed by atoms with E-state index in [1.54, 1.807) is 18.5 Å². The number of halogens is 2. The number of fused-ring (bicyclic) bond motifs is 1. The fourth-order valence-electron chi connectivity index (χ4n) is 3.23. The molecule has 1 aliphatic heterocycles. The van der Waals surface area contributed by atoms with Gasteiger partial charge < -0.3 is 9.80 Å². The van der Waals surface area contributed by atoms with Crippen LogP contribution in [0.5, 0.6) is 0 Å². The zero-order valence-corrected chi connectivity index (χ0v) is 14.3. The fourth-order valence-corrected chi connectivity index (χ4v) is 3.23. The van der Waals surface area contributed by atoms with Crippen LogP contribution in [0.3, 0.4) is 0 Å². The molecule has 0 saturated heterocycles. The van der Waals surface area contributed by atoms with Gasteiger partial charge in [-0.25, -0.2) is 13.8 Å². The zero-order chi connectivity index (χ0) is 18.1. The molecule has 0 N–H and O–H groups in total. The van der Waals surface area contributed by atoms with Crippen molar-refractivity contribution in [1.82, 2.24) is 9.97 Å². The lowest BCUT2D eigenvalue weighted by Gasteiger charge is -2.19. The van der Waals surface area contributed by atoms with Crippen LogP contribution >= 0.6 is 0 Å². The summed E-state index contributed by atoms with van der Waals surface area (Å²) < 4.78 is 26.0. The summed E-state index contributed by atoms with van der Waals surface area (Å²) in [5.41, 5.74) is 3.70. The van der Waals surface area contributed by atoms with Gasteiger partial charge in [0.1, 0.15) is 0 Å². The summed E-state index contributed by atoms with van der Waals surface area (Å²) in [6, 6.07) is 12.4. The van der Waals surface area contributed by atoms with Crippen LogP contribution < -0.4 is 9.80 Å². The molecule has 1 aromatic carbocycles. The van der Waals surface area contributed by atoms with Crippen molar-refractivity contribution in [1.29, 1.82) is 0 Å². The van der Waals surface area contributed by atoms with Crippen LogP contribution in [0.25, 0.3) is 11.1 Å². The monoisotopic (exact) mass is 352 g/mol. The highest BCUT2D eigenvalue weighted by molar-refractivity contribution is 5.78. The van der Waals surface area contributed by atoms with E-state index >= 15 is 0 Å². The third-order valence-corrected chi connectivity index (χ3v) is 4.50. The Hall–Kier alpha value is -3.02. The van der Waals surface area contributed by atoms with Crippen molar-refractivity contribution in [2.45, 2.75) is 13.0 Å². The minimum atomic E-state index is -2.48. The minimum Gasteiger partial charge on any atom is -0.346 e. The highest BCUT2D eigenvalue weighted by Crippen LogP contribution is 2.37. The van der Waals surface area contributed by atoms with Crippen LogP contribution in [-0.4, -0.2) is 23.7 Å². The molecule has 1 aliphatic rings. The quantitative estimate of drug-likeness (QED) is 0.692. The van der Waals surface area contributed by atoms with Gasteiger partial charge in [-0.3, -0.25) is 4.98 Å². The summed E-state index contributed by atoms with van der Waals surface area (Å²) in [5.74, 6) is 0.891. The van der Waals surface area contributed by atoms with Gasteiger partial charge in [-0.1, -0.05) is 24.3 Å². The van der Waals surface area contributed by atoms with E-state index in [4.69, 9.17) is 0 Å². The molecule has 0 fully saturated rings. The predicted octanol–water partition coefficient (Wildman–Crippen LogP) is 4.50. The number of alkyl halides is 2. The van der Waals surface area contributed by atoms with Crippen LogP contribution in [0.4, 0.5) is 20.3 Å². The van der Waals surface area contributed by atoms with E-state index in [0.717, 1.165) is 34.9 Å². The molecule has 0 saturated carbocycles. The number of aromatic nitrogens is 2. The number of nitrogens with zero attached hydrogens (tertiary/aromatic N) is 4. The van der Waals surface area contributed by atoms with Gasteiger partial charge in [0.2, 0.25) is 0 Å². The van der Waals surface area contributed by atoms with E-state index in [2.05, 4.69) is 19.8 Å². The highest BCUT2D eigenvalue weighted by atomic mass is 19.3. The van der Waals surface area contributed by atoms with Gasteiger partial charge in [0, 0.05) is 43.3 Å². The maximum absolute atomic E-state index is 13.0. The first-order valence-corrected chi connectivity index (χ1v) is 8.35. The van der Waals surface area contributed by atoms with Gasteiger partial charge in [0.05, 0.1) is 12.4 Å². The van der Waals surface area contributed by atoms with Gasteiger partial charge in [-0.2, -0.15) is 0 Å². The molecule has 0 bridgehead atoms. The standard InChI is InChI=1S/C20H18F2N4/c1-25-13-26(12-14-4-3-7-23-10-14)18-9-17(11-24-20(18)25)15-5-2-6-16(8-15)19(21)22/h2-11,19H,12-13H2,1H3. The van der Waals surface area contributed by atoms with Crippen LogP contribution in [-0.2, 0) is 6.54 Å². The molecule has 6 heteroatoms. The molecule has 0 aliphatic carbocycles. The Bertz CT molecular complexity index is 915. The summed E-state index contributed by atoms with van der Waals surface area (Å²) >= 11 is 0. The first kappa shape index (κ1) is 16.4. The van der Waals surface area contributed by atoms with Gasteiger partial charge in [0.25, 0.3) is 6.43 Å². The van der Waals surface area contributed by atoms with Crippen molar-refractivity contribution in [2.24, 2.45) is 0 Å². The predicted molar refractivity (Wildman–Crippen MR) is 98.3 cm³/mol. The summed E-state index contributed by atoms with van der Waals surface area (Å²) in [6.45, 7) is 1.44. The van der Waals surface area contributed by atoms with E-state index in [-0.39, 0.29) is 5.56 Å². The number of hydrogen-bond acceptors (Lipinski definition) is 4. The van der Waals surface area contributed by atoms with Gasteiger partial charge in [-0.15, -0.1) is 0 Å². The summed E-state index contributed by atoms with van der Waals surface area (Å²) in [7, 11) is 1.99. The normalized spacial score (nSPS) is 13.4. The van der Waals surface area contributed by atoms with E-state index in [0.29, 0.717) is 6.54 Å². The topological polar surface area (TPSA) is 32.3 Å². The molecule has 3 aromatic rings. The fraction of sp³-hybridized carbons (Fsp3) is 0.200. The van der Waals surface area contributed by atoms with Crippen molar-refractivity contribution in [2.75, 3.05) is 23.5 Å². The van der Waals surface area contributed by atoms with Crippen LogP contribution in [0.1, 0.15) is 17.6 Å². The third kappa shape index (κ3) is 3.10. The average Bonchev–Trinajstić information content (AvgIpc) is 2.98. The second-order valence-electron chi connectivity index (χ2n) is 6.39. The first-order valence-electron chi connectivity index (χ1n) is 8.35. The smallest absolute Gasteiger partial charge is 0.263 e. The largest absolute Gasteiger partial charge is 0.346 e. The number of hydrogen-bond donors (Lipinski definition) is 0. The SMILES string of the molecule is CN1CN(Cc2cccnc2)c2cc(-c3cccc(C(F)F)c3)cnc21. The Morgan fingerprint density at radius 1 is 1.08 bits per heavy atom. The summed E-state index contributed by atoms with van der Waals surface area (Å²) in [6.07, 6.45) is 2.86. The first-order chi connectivity index (χ1) is 12.6. The number of benzene rings is 1. The Balaban J connectivity index is 1.69. The lowest BCUT2D eigenvalue weighted by Crippen LogP contribution is -2.27. The van der Waals surface area contributed by atoms with E-state index in [9.17, 15) is 8.78 Å². The molecule has 26 heavy (non-hydrogen) atoms. The van der Waals surface area contributed by atoms with Gasteiger partial charge in [0.15, 0.2) is 5.82 Å². The van der Waals surface area contributed by atoms with Crippen LogP contribution in [0, 0.1) is 0 Å². The molecule has 4 rings (SSSR count). The molecule has 132 valence electrons. The molecular formula is C20H18F2N4. The summed E-state index contributed by atoms with van der Waals surface area (Å²) in [4.78, 5) is 13.0. The van der Waals surface area contributed by atoms with Crippen molar-refractivity contribution in [3.05, 3.63) is 72.2 Å². The minimum absolute atomic E-state index is 0.0207. The third-order valence-electron chi connectivity index (χ3n) is 4.50. The van der Waals surface area contributed by atoms with Crippen molar-refractivity contribution >= 4 is 11.5 Å². The van der Waals surface area contributed by atoms with Crippen molar-refractivity contribution in [3.8, 4) is 11.1 Å². The van der Waals surface area contributed by atoms with Crippen molar-refractivity contribution in [3.63, 3.8) is 0 Å². The molecular weight excluding hydrogens is 334 g/mol. The Labute approximate surface area is 150 Å². The van der Waals surface area contributed by atoms with Crippen molar-refractivity contribution < 1.29 is 8.78 Å². The molecule has 0 atom stereocenters. The van der Waals surface area contributed by atoms with Gasteiger partial charge in [-0.05, 0) is 29.3 Å². The molecule has 0 spiro atoms. The van der Waals surface area contributed by atoms with E-state index in [1.165, 1.54) is 12.1 Å². The Kier molecular flexibility index (Phi) is 4.24. The van der Waals surface area contributed by atoms with E-state index in [1.807, 2.05) is 37.5 Å². The maximum Gasteiger partial charge on any atom is 0.263 e. The number of rotatable bonds is 4.